The van der Waals surface area contributed by atoms with Crippen LogP contribution in [0, 0.1) is 0 Å². The van der Waals surface area contributed by atoms with E-state index in [4.69, 9.17) is 9.66 Å². The fraction of sp³-hybridized carbons (Fsp3) is 0.667. The molecule has 0 saturated heterocycles. The number of ether oxygens (including phenoxy) is 1. The predicted octanol–water partition coefficient (Wildman–Crippen LogP) is -3.60. The minimum Gasteiger partial charge on any atom is -1.00 e. The van der Waals surface area contributed by atoms with Crippen molar-refractivity contribution < 1.29 is 63.4 Å². The van der Waals surface area contributed by atoms with Gasteiger partial charge in [-0.15, -0.1) is 0 Å². The summed E-state index contributed by atoms with van der Waals surface area (Å²) in [6.45, 7) is 1.34. The molecule has 2 N–H and O–H groups in total. The van der Waals surface area contributed by atoms with E-state index < -0.39 is 33.7 Å². The number of carbonyl (C=O) groups excluding carboxylic acids is 1. The summed E-state index contributed by atoms with van der Waals surface area (Å²) < 4.78 is 34.0. The molecule has 0 aromatic rings. The van der Waals surface area contributed by atoms with Crippen molar-refractivity contribution in [2.75, 3.05) is 6.61 Å². The minimum absolute atomic E-state index is 0. The smallest absolute Gasteiger partial charge is 1.00 e. The fourth-order valence-electron chi connectivity index (χ4n) is 0.704. The average molecular weight is 250 g/mol. The van der Waals surface area contributed by atoms with Gasteiger partial charge in [0.05, 0.1) is 13.0 Å². The van der Waals surface area contributed by atoms with E-state index in [9.17, 15) is 18.0 Å². The van der Waals surface area contributed by atoms with Gasteiger partial charge in [-0.05, 0) is 6.92 Å². The van der Waals surface area contributed by atoms with Gasteiger partial charge < -0.3 is 11.3 Å². The molecule has 0 aromatic carbocycles. The number of hydrogen-bond donors (Lipinski definition) is 2. The van der Waals surface area contributed by atoms with E-state index in [2.05, 4.69) is 4.74 Å². The van der Waals surface area contributed by atoms with E-state index in [1.165, 1.54) is 6.92 Å². The molecule has 1 atom stereocenters. The SMILES string of the molecule is CCOC(=O)C(CC(=O)O)S(=O)(=O)O.[H-].[Na+]. The van der Waals surface area contributed by atoms with Crippen LogP contribution in [0.1, 0.15) is 14.8 Å². The van der Waals surface area contributed by atoms with E-state index in [1.807, 2.05) is 0 Å². The molecule has 0 aliphatic rings. The Morgan fingerprint density at radius 3 is 2.20 bits per heavy atom. The number of carboxylic acids is 1. The maximum Gasteiger partial charge on any atom is 1.00 e. The Kier molecular flexibility index (Phi) is 8.25. The average Bonchev–Trinajstić information content (AvgIpc) is 1.98. The molecule has 0 spiro atoms. The molecule has 0 heterocycles. The summed E-state index contributed by atoms with van der Waals surface area (Å²) in [6, 6.07) is 0. The van der Waals surface area contributed by atoms with Crippen LogP contribution in [0.15, 0.2) is 0 Å². The Balaban J connectivity index is -0.000000845. The van der Waals surface area contributed by atoms with Gasteiger partial charge in [-0.2, -0.15) is 8.42 Å². The third-order valence-corrected chi connectivity index (χ3v) is 2.35. The van der Waals surface area contributed by atoms with Crippen LogP contribution >= 0.6 is 0 Å². The van der Waals surface area contributed by atoms with Crippen LogP contribution in [0.5, 0.6) is 0 Å². The van der Waals surface area contributed by atoms with E-state index in [1.54, 1.807) is 0 Å². The number of aliphatic carboxylic acids is 1. The summed E-state index contributed by atoms with van der Waals surface area (Å²) in [5.41, 5.74) is 0. The molecule has 7 nitrogen and oxygen atoms in total. The van der Waals surface area contributed by atoms with Crippen LogP contribution in [0.25, 0.3) is 0 Å². The van der Waals surface area contributed by atoms with E-state index >= 15 is 0 Å². The van der Waals surface area contributed by atoms with Gasteiger partial charge in [0.1, 0.15) is 0 Å². The third-order valence-electron chi connectivity index (χ3n) is 1.27. The predicted molar refractivity (Wildman–Crippen MR) is 45.3 cm³/mol. The summed E-state index contributed by atoms with van der Waals surface area (Å²) in [6.07, 6.45) is -1.02. The van der Waals surface area contributed by atoms with Crippen molar-refractivity contribution in [3.63, 3.8) is 0 Å². The molecule has 0 radical (unpaired) electrons. The monoisotopic (exact) mass is 250 g/mol. The number of hydrogen-bond acceptors (Lipinski definition) is 5. The van der Waals surface area contributed by atoms with Crippen LogP contribution in [-0.2, 0) is 24.4 Å². The van der Waals surface area contributed by atoms with Gasteiger partial charge in [0.15, 0.2) is 5.25 Å². The van der Waals surface area contributed by atoms with Gasteiger partial charge >= 0.3 is 41.5 Å². The van der Waals surface area contributed by atoms with Crippen LogP contribution in [-0.4, -0.2) is 41.9 Å². The fourth-order valence-corrected chi connectivity index (χ4v) is 1.37. The van der Waals surface area contributed by atoms with Crippen LogP contribution in [0.3, 0.4) is 0 Å². The molecular formula is C6H11NaO7S. The number of esters is 1. The van der Waals surface area contributed by atoms with Crippen molar-refractivity contribution >= 4 is 22.1 Å². The number of carbonyl (C=O) groups is 2. The molecule has 0 aliphatic heterocycles. The van der Waals surface area contributed by atoms with Gasteiger partial charge in [0, 0.05) is 0 Å². The minimum atomic E-state index is -4.74. The molecule has 0 bridgehead atoms. The molecule has 0 aliphatic carbocycles. The molecule has 1 unspecified atom stereocenters. The molecule has 0 saturated carbocycles. The number of carboxylic acid groups (broad SMARTS) is 1. The van der Waals surface area contributed by atoms with Crippen molar-refractivity contribution in [1.82, 2.24) is 0 Å². The maximum absolute atomic E-state index is 10.9. The topological polar surface area (TPSA) is 118 Å². The summed E-state index contributed by atoms with van der Waals surface area (Å²) in [5, 5.41) is 6.23. The Morgan fingerprint density at radius 2 is 1.93 bits per heavy atom. The number of rotatable bonds is 5. The third kappa shape index (κ3) is 6.85. The van der Waals surface area contributed by atoms with E-state index in [-0.39, 0.29) is 37.6 Å². The first-order valence-corrected chi connectivity index (χ1v) is 5.14. The first-order chi connectivity index (χ1) is 6.29. The van der Waals surface area contributed by atoms with Crippen molar-refractivity contribution in [3.8, 4) is 0 Å². The Bertz CT molecular complexity index is 328. The first-order valence-electron chi connectivity index (χ1n) is 3.63. The molecule has 0 amide bonds. The molecule has 0 rings (SSSR count). The van der Waals surface area contributed by atoms with Crippen molar-refractivity contribution in [2.24, 2.45) is 0 Å². The van der Waals surface area contributed by atoms with Crippen molar-refractivity contribution in [1.29, 1.82) is 0 Å². The summed E-state index contributed by atoms with van der Waals surface area (Å²) in [5.74, 6) is -2.78. The molecule has 9 heteroatoms. The van der Waals surface area contributed by atoms with Gasteiger partial charge in [-0.3, -0.25) is 14.1 Å². The van der Waals surface area contributed by atoms with Crippen LogP contribution in [0.2, 0.25) is 0 Å². The van der Waals surface area contributed by atoms with Gasteiger partial charge in [-0.25, -0.2) is 0 Å². The Labute approximate surface area is 110 Å². The zero-order valence-corrected chi connectivity index (χ0v) is 11.2. The van der Waals surface area contributed by atoms with Crippen LogP contribution in [0.4, 0.5) is 0 Å². The first kappa shape index (κ1) is 17.3. The van der Waals surface area contributed by atoms with Crippen LogP contribution < -0.4 is 29.6 Å². The second-order valence-electron chi connectivity index (χ2n) is 2.35. The quantitative estimate of drug-likeness (QED) is 0.294. The second-order valence-corrected chi connectivity index (χ2v) is 3.95. The van der Waals surface area contributed by atoms with Gasteiger partial charge in [0.25, 0.3) is 10.1 Å². The molecule has 0 fully saturated rings. The molecular weight excluding hydrogens is 239 g/mol. The molecule has 15 heavy (non-hydrogen) atoms. The van der Waals surface area contributed by atoms with Gasteiger partial charge in [0.2, 0.25) is 0 Å². The Hall–Kier alpha value is -0.150. The zero-order chi connectivity index (χ0) is 11.4. The van der Waals surface area contributed by atoms with Gasteiger partial charge in [-0.1, -0.05) is 0 Å². The molecule has 84 valence electrons. The Morgan fingerprint density at radius 1 is 1.47 bits per heavy atom. The molecule has 0 aromatic heterocycles. The maximum atomic E-state index is 10.9. The normalized spacial score (nSPS) is 12.4. The van der Waals surface area contributed by atoms with E-state index in [0.717, 1.165) is 0 Å². The second kappa shape index (κ2) is 7.18. The largest absolute Gasteiger partial charge is 1.00 e. The van der Waals surface area contributed by atoms with E-state index in [0.29, 0.717) is 0 Å². The summed E-state index contributed by atoms with van der Waals surface area (Å²) >= 11 is 0. The zero-order valence-electron chi connectivity index (χ0n) is 9.34. The summed E-state index contributed by atoms with van der Waals surface area (Å²) in [7, 11) is -4.74. The van der Waals surface area contributed by atoms with Crippen molar-refractivity contribution in [2.45, 2.75) is 18.6 Å². The summed E-state index contributed by atoms with van der Waals surface area (Å²) in [4.78, 5) is 21.1. The standard InChI is InChI=1S/C6H10O7S.Na.H/c1-2-13-6(9)4(3-5(7)8)14(10,11)12;;/h4H,2-3H2,1H3,(H,7,8)(H,10,11,12);;/q;+1;-1. The van der Waals surface area contributed by atoms with Crippen molar-refractivity contribution in [3.05, 3.63) is 0 Å².